The first-order chi connectivity index (χ1) is 12.4. The van der Waals surface area contributed by atoms with Crippen molar-refractivity contribution in [1.82, 2.24) is 4.90 Å². The summed E-state index contributed by atoms with van der Waals surface area (Å²) in [4.78, 5) is 14.5. The number of benzene rings is 2. The second kappa shape index (κ2) is 9.28. The second-order valence-corrected chi connectivity index (χ2v) is 6.79. The minimum absolute atomic E-state index is 0.000600. The third-order valence-corrected chi connectivity index (χ3v) is 4.28. The van der Waals surface area contributed by atoms with Gasteiger partial charge in [-0.2, -0.15) is 5.26 Å². The molecule has 4 nitrogen and oxygen atoms in total. The molecule has 2 aromatic carbocycles. The smallest absolute Gasteiger partial charge is 0.266 e. The maximum Gasteiger partial charge on any atom is 0.266 e. The Balaban J connectivity index is 2.20. The second-order valence-electron chi connectivity index (χ2n) is 5.95. The molecular formula is C20H19Cl2N3O. The van der Waals surface area contributed by atoms with E-state index in [-0.39, 0.29) is 17.5 Å². The number of carbonyl (C=O) groups excluding carboxylic acids is 1. The Hall–Kier alpha value is -2.48. The van der Waals surface area contributed by atoms with Crippen molar-refractivity contribution in [2.75, 3.05) is 5.32 Å². The number of halogens is 2. The van der Waals surface area contributed by atoms with Crippen LogP contribution in [-0.4, -0.2) is 16.8 Å². The normalized spacial score (nSPS) is 11.2. The summed E-state index contributed by atoms with van der Waals surface area (Å²) in [6.07, 6.45) is 1.37. The zero-order chi connectivity index (χ0) is 19.1. The van der Waals surface area contributed by atoms with E-state index < -0.39 is 0 Å². The Morgan fingerprint density at radius 3 is 2.50 bits per heavy atom. The van der Waals surface area contributed by atoms with Crippen LogP contribution in [0.1, 0.15) is 19.4 Å². The van der Waals surface area contributed by atoms with Crippen LogP contribution < -0.4 is 5.32 Å². The summed E-state index contributed by atoms with van der Waals surface area (Å²) >= 11 is 12.0. The Morgan fingerprint density at radius 2 is 1.92 bits per heavy atom. The van der Waals surface area contributed by atoms with Gasteiger partial charge in [0.15, 0.2) is 0 Å². The molecule has 0 bridgehead atoms. The summed E-state index contributed by atoms with van der Waals surface area (Å²) in [7, 11) is 0. The third kappa shape index (κ3) is 5.26. The molecule has 0 aromatic heterocycles. The highest BCUT2D eigenvalue weighted by Crippen LogP contribution is 2.25. The lowest BCUT2D eigenvalue weighted by atomic mass is 10.1. The molecule has 0 unspecified atom stereocenters. The van der Waals surface area contributed by atoms with Gasteiger partial charge in [-0.3, -0.25) is 4.79 Å². The fourth-order valence-corrected chi connectivity index (χ4v) is 2.79. The van der Waals surface area contributed by atoms with Gasteiger partial charge in [-0.05, 0) is 37.6 Å². The molecule has 6 heteroatoms. The molecular weight excluding hydrogens is 369 g/mol. The highest BCUT2D eigenvalue weighted by atomic mass is 35.5. The van der Waals surface area contributed by atoms with Crippen molar-refractivity contribution in [3.8, 4) is 6.07 Å². The van der Waals surface area contributed by atoms with Crippen LogP contribution in [0.4, 0.5) is 5.69 Å². The van der Waals surface area contributed by atoms with Crippen molar-refractivity contribution in [3.05, 3.63) is 75.9 Å². The SMILES string of the molecule is CC(C)N(Cc1ccccc1)C(=O)/C(C#N)=C\Nc1ccc(Cl)cc1Cl. The van der Waals surface area contributed by atoms with Gasteiger partial charge in [-0.15, -0.1) is 0 Å². The molecule has 2 rings (SSSR count). The molecule has 134 valence electrons. The number of hydrogen-bond acceptors (Lipinski definition) is 3. The molecule has 0 heterocycles. The highest BCUT2D eigenvalue weighted by molar-refractivity contribution is 6.36. The maximum absolute atomic E-state index is 12.8. The monoisotopic (exact) mass is 387 g/mol. The number of carbonyl (C=O) groups is 1. The van der Waals surface area contributed by atoms with Gasteiger partial charge in [-0.1, -0.05) is 53.5 Å². The molecule has 0 fully saturated rings. The molecule has 0 atom stereocenters. The van der Waals surface area contributed by atoms with E-state index in [0.717, 1.165) is 5.56 Å². The van der Waals surface area contributed by atoms with E-state index >= 15 is 0 Å². The standard InChI is InChI=1S/C20H19Cl2N3O/c1-14(2)25(13-15-6-4-3-5-7-15)20(26)16(11-23)12-24-19-9-8-17(21)10-18(19)22/h3-10,12,14,24H,13H2,1-2H3/b16-12-. The predicted molar refractivity (Wildman–Crippen MR) is 106 cm³/mol. The number of nitriles is 1. The summed E-state index contributed by atoms with van der Waals surface area (Å²) in [5.41, 5.74) is 1.57. The van der Waals surface area contributed by atoms with Crippen LogP contribution in [0.25, 0.3) is 0 Å². The van der Waals surface area contributed by atoms with Crippen molar-refractivity contribution in [3.63, 3.8) is 0 Å². The molecule has 0 saturated carbocycles. The molecule has 2 aromatic rings. The first-order valence-electron chi connectivity index (χ1n) is 8.09. The number of anilines is 1. The average molecular weight is 388 g/mol. The fourth-order valence-electron chi connectivity index (χ4n) is 2.32. The maximum atomic E-state index is 12.8. The Morgan fingerprint density at radius 1 is 1.23 bits per heavy atom. The lowest BCUT2D eigenvalue weighted by Gasteiger charge is -2.26. The van der Waals surface area contributed by atoms with Crippen LogP contribution in [0.5, 0.6) is 0 Å². The van der Waals surface area contributed by atoms with Crippen molar-refractivity contribution in [2.24, 2.45) is 0 Å². The molecule has 1 N–H and O–H groups in total. The summed E-state index contributed by atoms with van der Waals surface area (Å²) in [6, 6.07) is 16.5. The quantitative estimate of drug-likeness (QED) is 0.543. The van der Waals surface area contributed by atoms with E-state index in [2.05, 4.69) is 5.32 Å². The first-order valence-corrected chi connectivity index (χ1v) is 8.84. The molecule has 0 aliphatic rings. The molecule has 1 amide bonds. The average Bonchev–Trinajstić information content (AvgIpc) is 2.62. The number of hydrogen-bond donors (Lipinski definition) is 1. The molecule has 0 saturated heterocycles. The molecule has 26 heavy (non-hydrogen) atoms. The van der Waals surface area contributed by atoms with Crippen molar-refractivity contribution >= 4 is 34.8 Å². The zero-order valence-corrected chi connectivity index (χ0v) is 16.1. The van der Waals surface area contributed by atoms with E-state index in [1.807, 2.05) is 50.2 Å². The number of amides is 1. The van der Waals surface area contributed by atoms with Gasteiger partial charge in [0.1, 0.15) is 11.6 Å². The number of rotatable bonds is 6. The van der Waals surface area contributed by atoms with Gasteiger partial charge in [0.2, 0.25) is 0 Å². The summed E-state index contributed by atoms with van der Waals surface area (Å²) in [5, 5.41) is 13.2. The van der Waals surface area contributed by atoms with Gasteiger partial charge in [-0.25, -0.2) is 0 Å². The molecule has 0 radical (unpaired) electrons. The Bertz CT molecular complexity index is 842. The fraction of sp³-hybridized carbons (Fsp3) is 0.200. The van der Waals surface area contributed by atoms with Crippen LogP contribution in [0.15, 0.2) is 60.3 Å². The van der Waals surface area contributed by atoms with Crippen molar-refractivity contribution in [2.45, 2.75) is 26.4 Å². The van der Waals surface area contributed by atoms with E-state index in [4.69, 9.17) is 23.2 Å². The Labute approximate surface area is 163 Å². The Kier molecular flexibility index (Phi) is 7.08. The predicted octanol–water partition coefficient (Wildman–Crippen LogP) is 5.25. The van der Waals surface area contributed by atoms with Gasteiger partial charge in [0, 0.05) is 23.8 Å². The summed E-state index contributed by atoms with van der Waals surface area (Å²) in [6.45, 7) is 4.26. The third-order valence-electron chi connectivity index (χ3n) is 3.73. The van der Waals surface area contributed by atoms with E-state index in [1.165, 1.54) is 6.20 Å². The van der Waals surface area contributed by atoms with Crippen molar-refractivity contribution < 1.29 is 4.79 Å². The van der Waals surface area contributed by atoms with E-state index in [9.17, 15) is 10.1 Å². The van der Waals surface area contributed by atoms with Gasteiger partial charge in [0.05, 0.1) is 10.7 Å². The summed E-state index contributed by atoms with van der Waals surface area (Å²) < 4.78 is 0. The van der Waals surface area contributed by atoms with Crippen molar-refractivity contribution in [1.29, 1.82) is 5.26 Å². The van der Waals surface area contributed by atoms with Crippen LogP contribution in [0, 0.1) is 11.3 Å². The topological polar surface area (TPSA) is 56.1 Å². The number of nitrogens with one attached hydrogen (secondary N) is 1. The van der Waals surface area contributed by atoms with Gasteiger partial charge >= 0.3 is 0 Å². The van der Waals surface area contributed by atoms with E-state index in [1.54, 1.807) is 23.1 Å². The zero-order valence-electron chi connectivity index (χ0n) is 14.5. The molecule has 0 spiro atoms. The van der Waals surface area contributed by atoms with Gasteiger partial charge in [0.25, 0.3) is 5.91 Å². The van der Waals surface area contributed by atoms with Crippen LogP contribution in [0.2, 0.25) is 10.0 Å². The minimum atomic E-state index is -0.344. The molecule has 0 aliphatic heterocycles. The van der Waals surface area contributed by atoms with E-state index in [0.29, 0.717) is 22.3 Å². The highest BCUT2D eigenvalue weighted by Gasteiger charge is 2.21. The first kappa shape index (κ1) is 19.8. The lowest BCUT2D eigenvalue weighted by Crippen LogP contribution is -2.37. The lowest BCUT2D eigenvalue weighted by molar-refractivity contribution is -0.129. The van der Waals surface area contributed by atoms with Crippen LogP contribution in [-0.2, 0) is 11.3 Å². The molecule has 0 aliphatic carbocycles. The van der Waals surface area contributed by atoms with Crippen LogP contribution >= 0.6 is 23.2 Å². The summed E-state index contributed by atoms with van der Waals surface area (Å²) in [5.74, 6) is -0.344. The van der Waals surface area contributed by atoms with Crippen LogP contribution in [0.3, 0.4) is 0 Å². The largest absolute Gasteiger partial charge is 0.359 e. The minimum Gasteiger partial charge on any atom is -0.359 e. The van der Waals surface area contributed by atoms with Gasteiger partial charge < -0.3 is 10.2 Å². The number of nitrogens with zero attached hydrogens (tertiary/aromatic N) is 2.